The maximum atomic E-state index is 11.9. The van der Waals surface area contributed by atoms with Crippen molar-refractivity contribution in [1.82, 2.24) is 5.32 Å². The zero-order chi connectivity index (χ0) is 19.8. The molecule has 1 aliphatic heterocycles. The third-order valence-electron chi connectivity index (χ3n) is 3.77. The van der Waals surface area contributed by atoms with E-state index < -0.39 is 24.5 Å². The van der Waals surface area contributed by atoms with Crippen molar-refractivity contribution in [1.29, 1.82) is 0 Å². The number of benzene rings is 1. The first kappa shape index (κ1) is 20.6. The molecule has 148 valence electrons. The number of carbonyl (C=O) groups excluding carboxylic acids is 2. The number of carbonyl (C=O) groups is 3. The molecule has 2 rings (SSSR count). The molecule has 0 radical (unpaired) electrons. The second-order valence-corrected chi connectivity index (χ2v) is 5.95. The Morgan fingerprint density at radius 2 is 2.15 bits per heavy atom. The molecule has 0 spiro atoms. The number of rotatable bonds is 9. The second-order valence-electron chi connectivity index (χ2n) is 5.95. The number of nitrogens with one attached hydrogen (secondary N) is 2. The van der Waals surface area contributed by atoms with E-state index in [0.717, 1.165) is 0 Å². The van der Waals surface area contributed by atoms with E-state index in [4.69, 9.17) is 19.3 Å². The highest BCUT2D eigenvalue weighted by molar-refractivity contribution is 5.93. The molecule has 3 unspecified atom stereocenters. The monoisotopic (exact) mass is 382 g/mol. The Labute approximate surface area is 155 Å². The molecule has 3 atom stereocenters. The molecule has 1 saturated heterocycles. The third kappa shape index (κ3) is 6.20. The molecular weight excluding hydrogens is 360 g/mol. The van der Waals surface area contributed by atoms with Crippen molar-refractivity contribution in [2.75, 3.05) is 18.9 Å². The summed E-state index contributed by atoms with van der Waals surface area (Å²) in [6.07, 6.45) is -2.99. The van der Waals surface area contributed by atoms with Gasteiger partial charge in [-0.3, -0.25) is 9.59 Å². The van der Waals surface area contributed by atoms with Crippen LogP contribution in [0.5, 0.6) is 5.75 Å². The van der Waals surface area contributed by atoms with E-state index in [1.807, 2.05) is 0 Å². The highest BCUT2D eigenvalue weighted by Crippen LogP contribution is 2.30. The summed E-state index contributed by atoms with van der Waals surface area (Å²) in [5, 5.41) is 24.3. The number of anilines is 1. The van der Waals surface area contributed by atoms with Gasteiger partial charge in [0.05, 0.1) is 18.3 Å². The number of carboxylic acid groups (broad SMARTS) is 1. The van der Waals surface area contributed by atoms with Crippen molar-refractivity contribution in [2.24, 2.45) is 0 Å². The third-order valence-corrected chi connectivity index (χ3v) is 3.77. The van der Waals surface area contributed by atoms with E-state index in [9.17, 15) is 19.5 Å². The maximum absolute atomic E-state index is 11.9. The molecule has 0 saturated carbocycles. The van der Waals surface area contributed by atoms with Gasteiger partial charge in [0, 0.05) is 12.8 Å². The number of aliphatic hydroxyl groups is 1. The number of amides is 1. The summed E-state index contributed by atoms with van der Waals surface area (Å²) in [7, 11) is 1.62. The Morgan fingerprint density at radius 1 is 1.37 bits per heavy atom. The van der Waals surface area contributed by atoms with Crippen LogP contribution in [0.15, 0.2) is 18.2 Å². The number of aliphatic carboxylic acids is 1. The van der Waals surface area contributed by atoms with Crippen LogP contribution in [0.1, 0.15) is 18.4 Å². The van der Waals surface area contributed by atoms with E-state index >= 15 is 0 Å². The summed E-state index contributed by atoms with van der Waals surface area (Å²) in [5.41, 5.74) is 0.917. The van der Waals surface area contributed by atoms with Crippen LogP contribution in [-0.2, 0) is 30.5 Å². The topological polar surface area (TPSA) is 143 Å². The molecule has 1 aromatic carbocycles. The number of hydrogen-bond acceptors (Lipinski definition) is 8. The second kappa shape index (κ2) is 9.86. The van der Waals surface area contributed by atoms with Gasteiger partial charge in [0.1, 0.15) is 12.4 Å². The lowest BCUT2D eigenvalue weighted by atomic mass is 10.1. The van der Waals surface area contributed by atoms with Crippen LogP contribution in [0.3, 0.4) is 0 Å². The minimum atomic E-state index is -1.19. The van der Waals surface area contributed by atoms with Gasteiger partial charge in [0.2, 0.25) is 12.2 Å². The molecule has 4 N–H and O–H groups in total. The summed E-state index contributed by atoms with van der Waals surface area (Å²) in [6.45, 7) is 0.389. The van der Waals surface area contributed by atoms with Gasteiger partial charge < -0.3 is 35.1 Å². The van der Waals surface area contributed by atoms with E-state index in [2.05, 4.69) is 10.6 Å². The van der Waals surface area contributed by atoms with Crippen LogP contribution in [0.2, 0.25) is 0 Å². The van der Waals surface area contributed by atoms with Crippen LogP contribution >= 0.6 is 0 Å². The molecule has 27 heavy (non-hydrogen) atoms. The Balaban J connectivity index is 2.18. The zero-order valence-corrected chi connectivity index (χ0v) is 14.7. The molecule has 1 aromatic rings. The summed E-state index contributed by atoms with van der Waals surface area (Å²) in [5.74, 6) is -1.28. The molecule has 1 aliphatic rings. The maximum Gasteiger partial charge on any atom is 0.333 e. The van der Waals surface area contributed by atoms with Gasteiger partial charge in [-0.2, -0.15) is 0 Å². The molecule has 10 heteroatoms. The minimum Gasteiger partial charge on any atom is -0.479 e. The Morgan fingerprint density at radius 3 is 2.81 bits per heavy atom. The van der Waals surface area contributed by atoms with Gasteiger partial charge in [-0.15, -0.1) is 0 Å². The summed E-state index contributed by atoms with van der Waals surface area (Å²) in [6, 6.07) is 4.74. The lowest BCUT2D eigenvalue weighted by Crippen LogP contribution is -2.42. The molecule has 1 heterocycles. The summed E-state index contributed by atoms with van der Waals surface area (Å²) in [4.78, 5) is 33.4. The molecule has 0 aromatic heterocycles. The van der Waals surface area contributed by atoms with Gasteiger partial charge in [-0.05, 0) is 24.7 Å². The molecule has 10 nitrogen and oxygen atoms in total. The van der Waals surface area contributed by atoms with Crippen LogP contribution in [0.4, 0.5) is 5.69 Å². The van der Waals surface area contributed by atoms with Gasteiger partial charge >= 0.3 is 5.97 Å². The summed E-state index contributed by atoms with van der Waals surface area (Å²) >= 11 is 0. The fourth-order valence-electron chi connectivity index (χ4n) is 2.59. The first-order chi connectivity index (χ1) is 12.9. The van der Waals surface area contributed by atoms with Crippen molar-refractivity contribution in [3.8, 4) is 5.75 Å². The summed E-state index contributed by atoms with van der Waals surface area (Å²) < 4.78 is 15.7. The van der Waals surface area contributed by atoms with Gasteiger partial charge in [-0.25, -0.2) is 4.79 Å². The number of carboxylic acids is 1. The number of ether oxygens (including phenoxy) is 3. The quantitative estimate of drug-likeness (QED) is 0.429. The SMILES string of the molecule is CNCC(=O)Nc1cc(COC=O)ccc1OC1CC(O)CC(C(=O)O)O1. The number of hydrogen-bond donors (Lipinski definition) is 4. The van der Waals surface area contributed by atoms with Crippen molar-refractivity contribution in [3.05, 3.63) is 23.8 Å². The Kier molecular flexibility index (Phi) is 7.53. The van der Waals surface area contributed by atoms with Gasteiger partial charge in [-0.1, -0.05) is 6.07 Å². The normalized spacial score (nSPS) is 21.9. The minimum absolute atomic E-state index is 0.0123. The predicted octanol–water partition coefficient (Wildman–Crippen LogP) is -0.153. The molecule has 0 aliphatic carbocycles. The molecule has 1 amide bonds. The number of aliphatic hydroxyl groups excluding tert-OH is 1. The van der Waals surface area contributed by atoms with Crippen molar-refractivity contribution in [2.45, 2.75) is 37.9 Å². The highest BCUT2D eigenvalue weighted by Gasteiger charge is 2.34. The first-order valence-corrected chi connectivity index (χ1v) is 8.28. The fourth-order valence-corrected chi connectivity index (χ4v) is 2.59. The Bertz CT molecular complexity index is 681. The average Bonchev–Trinajstić information content (AvgIpc) is 2.61. The van der Waals surface area contributed by atoms with Gasteiger partial charge in [0.15, 0.2) is 6.10 Å². The lowest BCUT2D eigenvalue weighted by Gasteiger charge is -2.31. The first-order valence-electron chi connectivity index (χ1n) is 8.28. The average molecular weight is 382 g/mol. The van der Waals surface area contributed by atoms with Crippen molar-refractivity contribution >= 4 is 24.0 Å². The van der Waals surface area contributed by atoms with E-state index in [1.165, 1.54) is 0 Å². The van der Waals surface area contributed by atoms with Crippen molar-refractivity contribution < 1.29 is 38.8 Å². The highest BCUT2D eigenvalue weighted by atomic mass is 16.7. The fraction of sp³-hybridized carbons (Fsp3) is 0.471. The smallest absolute Gasteiger partial charge is 0.333 e. The molecular formula is C17H22N2O8. The lowest BCUT2D eigenvalue weighted by molar-refractivity contribution is -0.195. The van der Waals surface area contributed by atoms with Crippen LogP contribution in [0, 0.1) is 0 Å². The molecule has 1 fully saturated rings. The standard InChI is InChI=1S/C17H22N2O8/c1-18-7-15(22)19-12-4-10(8-25-9-20)2-3-13(12)26-16-6-11(21)5-14(27-16)17(23)24/h2-4,9,11,14,16,18,21H,5-8H2,1H3,(H,19,22)(H,23,24). The van der Waals surface area contributed by atoms with E-state index in [0.29, 0.717) is 17.7 Å². The number of likely N-dealkylation sites (N-methyl/N-ethyl adjacent to an activating group) is 1. The van der Waals surface area contributed by atoms with E-state index in [-0.39, 0.29) is 37.6 Å². The largest absolute Gasteiger partial charge is 0.479 e. The Hall–Kier alpha value is -2.69. The van der Waals surface area contributed by atoms with E-state index in [1.54, 1.807) is 25.2 Å². The van der Waals surface area contributed by atoms with Crippen molar-refractivity contribution in [3.63, 3.8) is 0 Å². The van der Waals surface area contributed by atoms with Crippen LogP contribution in [0.25, 0.3) is 0 Å². The predicted molar refractivity (Wildman–Crippen MR) is 92.0 cm³/mol. The van der Waals surface area contributed by atoms with Crippen LogP contribution in [-0.4, -0.2) is 60.7 Å². The molecule has 0 bridgehead atoms. The van der Waals surface area contributed by atoms with Crippen LogP contribution < -0.4 is 15.4 Å². The van der Waals surface area contributed by atoms with Gasteiger partial charge in [0.25, 0.3) is 6.47 Å². The zero-order valence-electron chi connectivity index (χ0n) is 14.7.